The van der Waals surface area contributed by atoms with Crippen molar-refractivity contribution in [2.24, 2.45) is 10.7 Å². The van der Waals surface area contributed by atoms with Crippen molar-refractivity contribution >= 4 is 23.1 Å². The zero-order valence-electron chi connectivity index (χ0n) is 10.5. The van der Waals surface area contributed by atoms with Crippen LogP contribution in [0.4, 0.5) is 5.69 Å². The molecule has 3 nitrogen and oxygen atoms in total. The number of hydrogen-bond acceptors (Lipinski definition) is 3. The van der Waals surface area contributed by atoms with Crippen LogP contribution in [0.15, 0.2) is 53.5 Å². The van der Waals surface area contributed by atoms with Gasteiger partial charge in [0.25, 0.3) is 0 Å². The molecule has 0 amide bonds. The average Bonchev–Trinajstić information content (AvgIpc) is 2.71. The Bertz CT molecular complexity index is 759. The topological polar surface area (TPSA) is 58.6 Å². The largest absolute Gasteiger partial charge is 0.384 e. The fourth-order valence-corrected chi connectivity index (χ4v) is 2.23. The molecular formula is C16H11ClN2O. The number of nitrogens with two attached hydrogens (primary N) is 1. The standard InChI is InChI=1S/C16H11ClN2O/c17-12-6-7-14-13(10-12)16(20,15(18)19-14)9-8-11-4-2-1-3-5-11/h1-7,10,20H,(H2,18,19). The van der Waals surface area contributed by atoms with Gasteiger partial charge in [-0.15, -0.1) is 0 Å². The Labute approximate surface area is 121 Å². The summed E-state index contributed by atoms with van der Waals surface area (Å²) in [6.45, 7) is 0. The summed E-state index contributed by atoms with van der Waals surface area (Å²) in [6, 6.07) is 14.4. The smallest absolute Gasteiger partial charge is 0.211 e. The Morgan fingerprint density at radius 2 is 1.90 bits per heavy atom. The number of amidine groups is 1. The molecule has 98 valence electrons. The second-order valence-electron chi connectivity index (χ2n) is 4.48. The Balaban J connectivity index is 2.08. The zero-order chi connectivity index (χ0) is 14.2. The molecule has 4 heteroatoms. The Hall–Kier alpha value is -2.28. The molecule has 0 aromatic heterocycles. The number of rotatable bonds is 0. The second-order valence-corrected chi connectivity index (χ2v) is 4.92. The van der Waals surface area contributed by atoms with Gasteiger partial charge in [0.05, 0.1) is 5.69 Å². The van der Waals surface area contributed by atoms with Crippen molar-refractivity contribution in [1.82, 2.24) is 0 Å². The van der Waals surface area contributed by atoms with E-state index in [0.717, 1.165) is 5.56 Å². The lowest BCUT2D eigenvalue weighted by molar-refractivity contribution is 0.178. The van der Waals surface area contributed by atoms with Crippen LogP contribution in [0.5, 0.6) is 0 Å². The van der Waals surface area contributed by atoms with Gasteiger partial charge in [-0.05, 0) is 36.3 Å². The molecule has 2 aromatic rings. The van der Waals surface area contributed by atoms with E-state index in [0.29, 0.717) is 16.3 Å². The van der Waals surface area contributed by atoms with E-state index in [2.05, 4.69) is 16.8 Å². The van der Waals surface area contributed by atoms with Crippen LogP contribution in [-0.2, 0) is 5.60 Å². The van der Waals surface area contributed by atoms with Crippen molar-refractivity contribution in [3.8, 4) is 11.8 Å². The molecule has 0 fully saturated rings. The molecule has 3 N–H and O–H groups in total. The van der Waals surface area contributed by atoms with Gasteiger partial charge in [0.2, 0.25) is 5.60 Å². The van der Waals surface area contributed by atoms with E-state index < -0.39 is 5.60 Å². The molecule has 2 aromatic carbocycles. The molecule has 0 spiro atoms. The molecule has 0 radical (unpaired) electrons. The maximum absolute atomic E-state index is 10.7. The highest BCUT2D eigenvalue weighted by atomic mass is 35.5. The molecule has 20 heavy (non-hydrogen) atoms. The summed E-state index contributed by atoms with van der Waals surface area (Å²) in [7, 11) is 0. The lowest BCUT2D eigenvalue weighted by Crippen LogP contribution is -2.37. The zero-order valence-corrected chi connectivity index (χ0v) is 11.2. The van der Waals surface area contributed by atoms with E-state index in [4.69, 9.17) is 17.3 Å². The van der Waals surface area contributed by atoms with Crippen LogP contribution in [0.2, 0.25) is 5.02 Å². The maximum Gasteiger partial charge on any atom is 0.211 e. The van der Waals surface area contributed by atoms with Gasteiger partial charge in [-0.25, -0.2) is 4.99 Å². The molecule has 0 bridgehead atoms. The Morgan fingerprint density at radius 3 is 2.65 bits per heavy atom. The third kappa shape index (κ3) is 2.05. The van der Waals surface area contributed by atoms with E-state index in [1.165, 1.54) is 0 Å². The fourth-order valence-electron chi connectivity index (χ4n) is 2.06. The van der Waals surface area contributed by atoms with E-state index in [9.17, 15) is 5.11 Å². The monoisotopic (exact) mass is 282 g/mol. The highest BCUT2D eigenvalue weighted by Gasteiger charge is 2.39. The van der Waals surface area contributed by atoms with Crippen LogP contribution in [0.1, 0.15) is 11.1 Å². The molecule has 1 heterocycles. The first-order valence-electron chi connectivity index (χ1n) is 6.05. The normalized spacial score (nSPS) is 19.8. The number of benzene rings is 2. The first-order chi connectivity index (χ1) is 9.59. The molecular weight excluding hydrogens is 272 g/mol. The Kier molecular flexibility index (Phi) is 2.98. The minimum absolute atomic E-state index is 0.0678. The summed E-state index contributed by atoms with van der Waals surface area (Å²) in [6.07, 6.45) is 0. The van der Waals surface area contributed by atoms with Crippen LogP contribution in [0.3, 0.4) is 0 Å². The van der Waals surface area contributed by atoms with Gasteiger partial charge in [0.15, 0.2) is 0 Å². The summed E-state index contributed by atoms with van der Waals surface area (Å²) in [5.41, 5.74) is 6.15. The van der Waals surface area contributed by atoms with Crippen molar-refractivity contribution in [2.75, 3.05) is 0 Å². The number of hydrogen-bond donors (Lipinski definition) is 2. The van der Waals surface area contributed by atoms with Gasteiger partial charge in [-0.2, -0.15) is 0 Å². The molecule has 0 saturated carbocycles. The first-order valence-corrected chi connectivity index (χ1v) is 6.43. The van der Waals surface area contributed by atoms with Crippen molar-refractivity contribution in [3.05, 3.63) is 64.7 Å². The summed E-state index contributed by atoms with van der Waals surface area (Å²) in [5.74, 6) is 5.78. The van der Waals surface area contributed by atoms with Gasteiger partial charge in [-0.1, -0.05) is 35.7 Å². The molecule has 1 aliphatic heterocycles. The minimum Gasteiger partial charge on any atom is -0.384 e. The molecule has 0 saturated heterocycles. The number of aliphatic hydroxyl groups is 1. The third-order valence-corrected chi connectivity index (χ3v) is 3.36. The van der Waals surface area contributed by atoms with E-state index >= 15 is 0 Å². The summed E-state index contributed by atoms with van der Waals surface area (Å²) in [5, 5.41) is 11.2. The number of halogens is 1. The second kappa shape index (κ2) is 4.68. The van der Waals surface area contributed by atoms with Crippen molar-refractivity contribution in [3.63, 3.8) is 0 Å². The fraction of sp³-hybridized carbons (Fsp3) is 0.0625. The molecule has 0 aliphatic carbocycles. The summed E-state index contributed by atoms with van der Waals surface area (Å²) >= 11 is 5.96. The Morgan fingerprint density at radius 1 is 1.15 bits per heavy atom. The molecule has 3 rings (SSSR count). The number of fused-ring (bicyclic) bond motifs is 1. The van der Waals surface area contributed by atoms with Crippen LogP contribution in [-0.4, -0.2) is 10.9 Å². The van der Waals surface area contributed by atoms with Crippen molar-refractivity contribution in [1.29, 1.82) is 0 Å². The molecule has 1 atom stereocenters. The SMILES string of the molecule is NC1=Nc2ccc(Cl)cc2C1(O)C#Cc1ccccc1. The van der Waals surface area contributed by atoms with E-state index in [1.54, 1.807) is 18.2 Å². The summed E-state index contributed by atoms with van der Waals surface area (Å²) < 4.78 is 0. The lowest BCUT2D eigenvalue weighted by atomic mass is 9.94. The predicted molar refractivity (Wildman–Crippen MR) is 80.0 cm³/mol. The van der Waals surface area contributed by atoms with Crippen molar-refractivity contribution < 1.29 is 5.11 Å². The quantitative estimate of drug-likeness (QED) is 0.730. The molecule has 1 aliphatic rings. The average molecular weight is 283 g/mol. The van der Waals surface area contributed by atoms with Gasteiger partial charge >= 0.3 is 0 Å². The van der Waals surface area contributed by atoms with E-state index in [-0.39, 0.29) is 5.84 Å². The van der Waals surface area contributed by atoms with Crippen molar-refractivity contribution in [2.45, 2.75) is 5.60 Å². The first kappa shape index (κ1) is 12.7. The van der Waals surface area contributed by atoms with E-state index in [1.807, 2.05) is 30.3 Å². The van der Waals surface area contributed by atoms with Crippen LogP contribution in [0.25, 0.3) is 0 Å². The molecule has 1 unspecified atom stereocenters. The van der Waals surface area contributed by atoms with Crippen LogP contribution in [0, 0.1) is 11.8 Å². The highest BCUT2D eigenvalue weighted by Crippen LogP contribution is 2.38. The van der Waals surface area contributed by atoms with Gasteiger partial charge in [0, 0.05) is 16.1 Å². The van der Waals surface area contributed by atoms with Crippen LogP contribution >= 0.6 is 11.6 Å². The number of nitrogens with zero attached hydrogens (tertiary/aromatic N) is 1. The predicted octanol–water partition coefficient (Wildman–Crippen LogP) is 2.58. The van der Waals surface area contributed by atoms with Crippen LogP contribution < -0.4 is 5.73 Å². The lowest BCUT2D eigenvalue weighted by Gasteiger charge is -2.17. The third-order valence-electron chi connectivity index (χ3n) is 3.12. The summed E-state index contributed by atoms with van der Waals surface area (Å²) in [4.78, 5) is 4.14. The van der Waals surface area contributed by atoms with Gasteiger partial charge in [0.1, 0.15) is 5.84 Å². The highest BCUT2D eigenvalue weighted by molar-refractivity contribution is 6.30. The maximum atomic E-state index is 10.7. The van der Waals surface area contributed by atoms with Gasteiger partial charge < -0.3 is 10.8 Å². The minimum atomic E-state index is -1.59. The number of aliphatic imine (C=N–C) groups is 1. The van der Waals surface area contributed by atoms with Gasteiger partial charge in [-0.3, -0.25) is 0 Å².